The van der Waals surface area contributed by atoms with Gasteiger partial charge in [0.25, 0.3) is 5.91 Å². The molecule has 0 radical (unpaired) electrons. The lowest BCUT2D eigenvalue weighted by molar-refractivity contribution is -0.123. The summed E-state index contributed by atoms with van der Waals surface area (Å²) in [5.41, 5.74) is 2.33. The number of hydrogen-bond donors (Lipinski definition) is 1. The van der Waals surface area contributed by atoms with Gasteiger partial charge in [-0.05, 0) is 48.9 Å². The normalized spacial score (nSPS) is 10.2. The van der Waals surface area contributed by atoms with Gasteiger partial charge in [-0.3, -0.25) is 9.59 Å². The van der Waals surface area contributed by atoms with Gasteiger partial charge in [0.1, 0.15) is 18.1 Å². The first-order valence-electron chi connectivity index (χ1n) is 9.40. The van der Waals surface area contributed by atoms with Crippen molar-refractivity contribution in [1.82, 2.24) is 5.32 Å². The molecule has 29 heavy (non-hydrogen) atoms. The summed E-state index contributed by atoms with van der Waals surface area (Å²) in [6, 6.07) is 23.6. The number of carbonyl (C=O) groups excluding carboxylic acids is 2. The van der Waals surface area contributed by atoms with Crippen molar-refractivity contribution in [3.05, 3.63) is 95.6 Å². The van der Waals surface area contributed by atoms with E-state index >= 15 is 0 Å². The van der Waals surface area contributed by atoms with Crippen LogP contribution in [0.15, 0.2) is 78.9 Å². The van der Waals surface area contributed by atoms with Crippen molar-refractivity contribution in [1.29, 1.82) is 0 Å². The molecule has 0 atom stereocenters. The van der Waals surface area contributed by atoms with Crippen LogP contribution in [0.3, 0.4) is 0 Å². The number of aryl methyl sites for hydroxylation is 1. The summed E-state index contributed by atoms with van der Waals surface area (Å²) in [6.45, 7) is 2.67. The summed E-state index contributed by atoms with van der Waals surface area (Å²) in [4.78, 5) is 24.3. The van der Waals surface area contributed by atoms with E-state index in [1.165, 1.54) is 0 Å². The summed E-state index contributed by atoms with van der Waals surface area (Å²) < 4.78 is 11.1. The topological polar surface area (TPSA) is 64.6 Å². The van der Waals surface area contributed by atoms with Crippen LogP contribution in [-0.4, -0.2) is 31.4 Å². The van der Waals surface area contributed by atoms with Crippen LogP contribution >= 0.6 is 0 Å². The van der Waals surface area contributed by atoms with Crippen molar-refractivity contribution < 1.29 is 19.1 Å². The van der Waals surface area contributed by atoms with Crippen molar-refractivity contribution in [3.8, 4) is 11.5 Å². The van der Waals surface area contributed by atoms with Gasteiger partial charge in [-0.15, -0.1) is 0 Å². The van der Waals surface area contributed by atoms with Crippen LogP contribution < -0.4 is 14.8 Å². The predicted molar refractivity (Wildman–Crippen MR) is 111 cm³/mol. The lowest BCUT2D eigenvalue weighted by atomic mass is 10.0. The monoisotopic (exact) mass is 389 g/mol. The van der Waals surface area contributed by atoms with E-state index in [0.29, 0.717) is 30.0 Å². The van der Waals surface area contributed by atoms with Gasteiger partial charge in [0, 0.05) is 11.1 Å². The molecule has 0 aliphatic rings. The van der Waals surface area contributed by atoms with Gasteiger partial charge in [0.2, 0.25) is 0 Å². The minimum absolute atomic E-state index is 0.0523. The highest BCUT2D eigenvalue weighted by Gasteiger charge is 2.09. The lowest BCUT2D eigenvalue weighted by Gasteiger charge is -2.09. The highest BCUT2D eigenvalue weighted by molar-refractivity contribution is 6.08. The van der Waals surface area contributed by atoms with Gasteiger partial charge in [0.05, 0.1) is 6.54 Å². The molecular formula is C24H23NO4. The van der Waals surface area contributed by atoms with Gasteiger partial charge in [-0.2, -0.15) is 0 Å². The Labute approximate surface area is 170 Å². The Morgan fingerprint density at radius 1 is 0.793 bits per heavy atom. The largest absolute Gasteiger partial charge is 0.492 e. The molecule has 0 aliphatic carbocycles. The molecule has 5 heteroatoms. The molecule has 0 heterocycles. The van der Waals surface area contributed by atoms with Crippen molar-refractivity contribution >= 4 is 11.7 Å². The number of rotatable bonds is 9. The second kappa shape index (κ2) is 10.1. The highest BCUT2D eigenvalue weighted by Crippen LogP contribution is 2.15. The number of ether oxygens (including phenoxy) is 2. The molecule has 0 spiro atoms. The van der Waals surface area contributed by atoms with Crippen molar-refractivity contribution in [2.75, 3.05) is 19.8 Å². The van der Waals surface area contributed by atoms with E-state index in [0.717, 1.165) is 11.3 Å². The van der Waals surface area contributed by atoms with Gasteiger partial charge < -0.3 is 14.8 Å². The minimum Gasteiger partial charge on any atom is -0.492 e. The Kier molecular flexibility index (Phi) is 7.00. The Morgan fingerprint density at radius 2 is 1.52 bits per heavy atom. The second-order valence-corrected chi connectivity index (χ2v) is 6.52. The molecule has 0 saturated carbocycles. The molecule has 3 aromatic rings. The van der Waals surface area contributed by atoms with Crippen LogP contribution in [-0.2, 0) is 4.79 Å². The molecule has 0 unspecified atom stereocenters. The molecule has 0 fully saturated rings. The van der Waals surface area contributed by atoms with E-state index in [9.17, 15) is 9.59 Å². The Morgan fingerprint density at radius 3 is 2.24 bits per heavy atom. The van der Waals surface area contributed by atoms with Crippen LogP contribution in [0.4, 0.5) is 0 Å². The average molecular weight is 389 g/mol. The molecule has 148 valence electrons. The number of nitrogens with one attached hydrogen (secondary N) is 1. The second-order valence-electron chi connectivity index (χ2n) is 6.52. The first-order valence-corrected chi connectivity index (χ1v) is 9.40. The minimum atomic E-state index is -0.234. The van der Waals surface area contributed by atoms with Gasteiger partial charge in [-0.1, -0.05) is 42.5 Å². The van der Waals surface area contributed by atoms with Crippen molar-refractivity contribution in [3.63, 3.8) is 0 Å². The zero-order valence-corrected chi connectivity index (χ0v) is 16.3. The van der Waals surface area contributed by atoms with E-state index in [4.69, 9.17) is 9.47 Å². The first-order chi connectivity index (χ1) is 14.1. The van der Waals surface area contributed by atoms with Crippen LogP contribution in [0.25, 0.3) is 0 Å². The Hall–Kier alpha value is -3.60. The van der Waals surface area contributed by atoms with Crippen LogP contribution in [0, 0.1) is 6.92 Å². The van der Waals surface area contributed by atoms with E-state index in [2.05, 4.69) is 5.32 Å². The van der Waals surface area contributed by atoms with Crippen molar-refractivity contribution in [2.45, 2.75) is 6.92 Å². The molecule has 5 nitrogen and oxygen atoms in total. The van der Waals surface area contributed by atoms with E-state index < -0.39 is 0 Å². The van der Waals surface area contributed by atoms with E-state index in [1.807, 2.05) is 49.4 Å². The number of amides is 1. The van der Waals surface area contributed by atoms with Gasteiger partial charge >= 0.3 is 0 Å². The standard InChI is InChI=1S/C24H23NO4/c1-18-6-5-9-22(16-18)28-15-14-25-23(26)17-29-21-12-10-20(11-13-21)24(27)19-7-3-2-4-8-19/h2-13,16H,14-15,17H2,1H3,(H,25,26). The van der Waals surface area contributed by atoms with E-state index in [1.54, 1.807) is 36.4 Å². The van der Waals surface area contributed by atoms with Crippen LogP contribution in [0.5, 0.6) is 11.5 Å². The lowest BCUT2D eigenvalue weighted by Crippen LogP contribution is -2.32. The molecule has 0 saturated heterocycles. The quantitative estimate of drug-likeness (QED) is 0.447. The number of ketones is 1. The third kappa shape index (κ3) is 6.21. The highest BCUT2D eigenvalue weighted by atomic mass is 16.5. The number of carbonyl (C=O) groups is 2. The fourth-order valence-electron chi connectivity index (χ4n) is 2.72. The Bertz CT molecular complexity index is 952. The van der Waals surface area contributed by atoms with Gasteiger partial charge in [0.15, 0.2) is 12.4 Å². The fourth-order valence-corrected chi connectivity index (χ4v) is 2.72. The molecule has 0 bridgehead atoms. The summed E-state index contributed by atoms with van der Waals surface area (Å²) in [5, 5.41) is 2.75. The maximum Gasteiger partial charge on any atom is 0.258 e. The third-order valence-electron chi connectivity index (χ3n) is 4.20. The van der Waals surface area contributed by atoms with Crippen LogP contribution in [0.2, 0.25) is 0 Å². The predicted octanol–water partition coefficient (Wildman–Crippen LogP) is 3.80. The Balaban J connectivity index is 1.39. The zero-order chi connectivity index (χ0) is 20.5. The SMILES string of the molecule is Cc1cccc(OCCNC(=O)COc2ccc(C(=O)c3ccccc3)cc2)c1. The number of benzene rings is 3. The maximum absolute atomic E-state index is 12.4. The van der Waals surface area contributed by atoms with Crippen LogP contribution in [0.1, 0.15) is 21.5 Å². The summed E-state index contributed by atoms with van der Waals surface area (Å²) in [7, 11) is 0. The molecule has 1 N–H and O–H groups in total. The van der Waals surface area contributed by atoms with E-state index in [-0.39, 0.29) is 18.3 Å². The molecular weight excluding hydrogens is 366 g/mol. The molecule has 3 aromatic carbocycles. The molecule has 0 aromatic heterocycles. The number of hydrogen-bond acceptors (Lipinski definition) is 4. The first kappa shape index (κ1) is 20.1. The summed E-state index contributed by atoms with van der Waals surface area (Å²) in [5.74, 6) is 1.02. The average Bonchev–Trinajstić information content (AvgIpc) is 2.76. The smallest absolute Gasteiger partial charge is 0.258 e. The zero-order valence-electron chi connectivity index (χ0n) is 16.3. The third-order valence-corrected chi connectivity index (χ3v) is 4.20. The van der Waals surface area contributed by atoms with Gasteiger partial charge in [-0.25, -0.2) is 0 Å². The molecule has 1 amide bonds. The summed E-state index contributed by atoms with van der Waals surface area (Å²) >= 11 is 0. The summed E-state index contributed by atoms with van der Waals surface area (Å²) in [6.07, 6.45) is 0. The van der Waals surface area contributed by atoms with Crippen molar-refractivity contribution in [2.24, 2.45) is 0 Å². The maximum atomic E-state index is 12.4. The molecule has 3 rings (SSSR count). The fraction of sp³-hybridized carbons (Fsp3) is 0.167. The molecule has 0 aliphatic heterocycles.